The number of ether oxygens (including phenoxy) is 1. The van der Waals surface area contributed by atoms with E-state index in [9.17, 15) is 35.5 Å². The highest BCUT2D eigenvalue weighted by atomic mass is 32.1. The molecule has 0 amide bonds. The summed E-state index contributed by atoms with van der Waals surface area (Å²) in [5, 5.41) is 8.62. The van der Waals surface area contributed by atoms with E-state index in [1.807, 2.05) is 0 Å². The van der Waals surface area contributed by atoms with Gasteiger partial charge in [-0.1, -0.05) is 0 Å². The van der Waals surface area contributed by atoms with Gasteiger partial charge < -0.3 is 9.84 Å². The van der Waals surface area contributed by atoms with E-state index in [4.69, 9.17) is 9.84 Å². The molecule has 1 aliphatic rings. The lowest BCUT2D eigenvalue weighted by Crippen LogP contribution is -2.34. The first kappa shape index (κ1) is 22.3. The zero-order chi connectivity index (χ0) is 22.3. The normalized spacial score (nSPS) is 16.4. The van der Waals surface area contributed by atoms with Crippen molar-refractivity contribution >= 4 is 17.5 Å². The Labute approximate surface area is 169 Å². The summed E-state index contributed by atoms with van der Waals surface area (Å²) in [7, 11) is 0. The Morgan fingerprint density at radius 2 is 1.83 bits per heavy atom. The number of carbonyl (C=O) groups is 1. The van der Waals surface area contributed by atoms with Crippen LogP contribution in [-0.2, 0) is 24.0 Å². The van der Waals surface area contributed by atoms with Gasteiger partial charge in [0, 0.05) is 30.7 Å². The van der Waals surface area contributed by atoms with Gasteiger partial charge in [0.1, 0.15) is 11.5 Å². The first-order valence-electron chi connectivity index (χ1n) is 8.63. The SMILES string of the molecule is O=C(O)CCc1cc(F)c(OCc2c(C3CC(F)(F)C3)nsc2C(F)(F)F)c(F)c1. The number of halogens is 7. The molecule has 1 N–H and O–H groups in total. The topological polar surface area (TPSA) is 59.4 Å². The number of aliphatic carboxylic acids is 1. The number of rotatable bonds is 7. The van der Waals surface area contributed by atoms with Crippen molar-refractivity contribution in [2.24, 2.45) is 0 Å². The van der Waals surface area contributed by atoms with E-state index in [2.05, 4.69) is 4.37 Å². The maximum Gasteiger partial charge on any atom is 0.427 e. The van der Waals surface area contributed by atoms with Gasteiger partial charge in [-0.25, -0.2) is 17.6 Å². The molecule has 1 fully saturated rings. The summed E-state index contributed by atoms with van der Waals surface area (Å²) in [5.41, 5.74) is -0.704. The third kappa shape index (κ3) is 4.85. The molecule has 2 aromatic rings. The minimum Gasteiger partial charge on any atom is -0.483 e. The second-order valence-electron chi connectivity index (χ2n) is 6.91. The lowest BCUT2D eigenvalue weighted by atomic mass is 9.78. The van der Waals surface area contributed by atoms with Gasteiger partial charge in [-0.3, -0.25) is 4.79 Å². The van der Waals surface area contributed by atoms with Crippen molar-refractivity contribution in [1.29, 1.82) is 0 Å². The molecule has 1 saturated carbocycles. The Balaban J connectivity index is 1.83. The van der Waals surface area contributed by atoms with Gasteiger partial charge in [0.2, 0.25) is 5.92 Å². The minimum absolute atomic E-state index is 0.0327. The van der Waals surface area contributed by atoms with Gasteiger partial charge >= 0.3 is 12.1 Å². The van der Waals surface area contributed by atoms with Crippen LogP contribution in [-0.4, -0.2) is 21.4 Å². The molecular weight excluding hydrogens is 443 g/mol. The number of carboxylic acids is 1. The van der Waals surface area contributed by atoms with E-state index >= 15 is 0 Å². The third-order valence-corrected chi connectivity index (χ3v) is 5.55. The number of aromatic nitrogens is 1. The minimum atomic E-state index is -4.83. The lowest BCUT2D eigenvalue weighted by molar-refractivity contribution is -0.137. The molecular formula is C18H14F7NO3S. The molecule has 1 heterocycles. The Kier molecular flexibility index (Phi) is 5.99. The number of hydrogen-bond acceptors (Lipinski definition) is 4. The number of benzene rings is 1. The predicted octanol–water partition coefficient (Wildman–Crippen LogP) is 5.55. The maximum atomic E-state index is 14.2. The molecule has 164 valence electrons. The van der Waals surface area contributed by atoms with Crippen molar-refractivity contribution in [3.05, 3.63) is 45.5 Å². The molecule has 0 saturated heterocycles. The number of carboxylic acid groups (broad SMARTS) is 1. The average molecular weight is 457 g/mol. The van der Waals surface area contributed by atoms with Crippen LogP contribution >= 0.6 is 11.5 Å². The fourth-order valence-corrected chi connectivity index (χ4v) is 3.98. The van der Waals surface area contributed by atoms with Crippen LogP contribution < -0.4 is 4.74 Å². The van der Waals surface area contributed by atoms with Crippen LogP contribution in [0.5, 0.6) is 5.75 Å². The van der Waals surface area contributed by atoms with E-state index < -0.39 is 71.3 Å². The van der Waals surface area contributed by atoms with Crippen LogP contribution in [0.3, 0.4) is 0 Å². The van der Waals surface area contributed by atoms with Gasteiger partial charge in [-0.2, -0.15) is 17.5 Å². The van der Waals surface area contributed by atoms with Crippen LogP contribution in [0.2, 0.25) is 0 Å². The summed E-state index contributed by atoms with van der Waals surface area (Å²) in [5.74, 6) is -8.45. The highest BCUT2D eigenvalue weighted by Gasteiger charge is 2.49. The number of nitrogens with zero attached hydrogens (tertiary/aromatic N) is 1. The van der Waals surface area contributed by atoms with E-state index in [0.717, 1.165) is 12.1 Å². The maximum absolute atomic E-state index is 14.2. The Hall–Kier alpha value is -2.37. The van der Waals surface area contributed by atoms with Gasteiger partial charge in [0.25, 0.3) is 0 Å². The first-order chi connectivity index (χ1) is 13.9. The average Bonchev–Trinajstić information content (AvgIpc) is 3.01. The standard InChI is InChI=1S/C18H14F7NO3S/c19-11-3-8(1-2-13(27)28)4-12(20)15(11)29-7-10-14(9-5-17(21,22)6-9)26-30-16(10)18(23,24)25/h3-4,9H,1-2,5-7H2,(H,27,28). The van der Waals surface area contributed by atoms with E-state index in [1.54, 1.807) is 0 Å². The van der Waals surface area contributed by atoms with E-state index in [-0.39, 0.29) is 35.6 Å². The number of alkyl halides is 5. The van der Waals surface area contributed by atoms with Crippen LogP contribution in [0, 0.1) is 11.6 Å². The Bertz CT molecular complexity index is 927. The molecule has 1 aromatic carbocycles. The smallest absolute Gasteiger partial charge is 0.427 e. The molecule has 0 spiro atoms. The van der Waals surface area contributed by atoms with Crippen LogP contribution in [0.25, 0.3) is 0 Å². The summed E-state index contributed by atoms with van der Waals surface area (Å²) >= 11 is 0.0731. The van der Waals surface area contributed by atoms with Gasteiger partial charge in [-0.15, -0.1) is 0 Å². The summed E-state index contributed by atoms with van der Waals surface area (Å²) in [6.45, 7) is -0.912. The Morgan fingerprint density at radius 1 is 1.23 bits per heavy atom. The van der Waals surface area contributed by atoms with Gasteiger partial charge in [0.05, 0.1) is 5.69 Å². The highest BCUT2D eigenvalue weighted by Crippen LogP contribution is 2.51. The van der Waals surface area contributed by atoms with Crippen LogP contribution in [0.4, 0.5) is 30.7 Å². The largest absolute Gasteiger partial charge is 0.483 e. The zero-order valence-corrected chi connectivity index (χ0v) is 15.8. The lowest BCUT2D eigenvalue weighted by Gasteiger charge is -2.34. The number of hydrogen-bond donors (Lipinski definition) is 1. The molecule has 30 heavy (non-hydrogen) atoms. The van der Waals surface area contributed by atoms with Gasteiger partial charge in [0.15, 0.2) is 17.4 Å². The van der Waals surface area contributed by atoms with Crippen LogP contribution in [0.15, 0.2) is 12.1 Å². The third-order valence-electron chi connectivity index (χ3n) is 4.60. The monoisotopic (exact) mass is 457 g/mol. The van der Waals surface area contributed by atoms with E-state index in [1.165, 1.54) is 0 Å². The van der Waals surface area contributed by atoms with Crippen LogP contribution in [0.1, 0.15) is 46.9 Å². The van der Waals surface area contributed by atoms with Crippen molar-refractivity contribution < 1.29 is 45.4 Å². The van der Waals surface area contributed by atoms with E-state index in [0.29, 0.717) is 0 Å². The molecule has 0 unspecified atom stereocenters. The summed E-state index contributed by atoms with van der Waals surface area (Å²) in [4.78, 5) is 9.38. The number of aryl methyl sites for hydroxylation is 1. The molecule has 3 rings (SSSR count). The fourth-order valence-electron chi connectivity index (χ4n) is 3.15. The second-order valence-corrected chi connectivity index (χ2v) is 7.68. The fraction of sp³-hybridized carbons (Fsp3) is 0.444. The quantitative estimate of drug-likeness (QED) is 0.554. The molecule has 0 atom stereocenters. The van der Waals surface area contributed by atoms with Crippen molar-refractivity contribution in [3.63, 3.8) is 0 Å². The molecule has 0 radical (unpaired) electrons. The summed E-state index contributed by atoms with van der Waals surface area (Å²) in [6.07, 6.45) is -6.69. The molecule has 1 aromatic heterocycles. The van der Waals surface area contributed by atoms with Crippen molar-refractivity contribution in [3.8, 4) is 5.75 Å². The molecule has 1 aliphatic carbocycles. The molecule has 4 nitrogen and oxygen atoms in total. The van der Waals surface area contributed by atoms with Gasteiger partial charge in [-0.05, 0) is 35.6 Å². The molecule has 0 aliphatic heterocycles. The first-order valence-corrected chi connectivity index (χ1v) is 9.40. The summed E-state index contributed by atoms with van der Waals surface area (Å²) < 4.78 is 103. The summed E-state index contributed by atoms with van der Waals surface area (Å²) in [6, 6.07) is 1.65. The Morgan fingerprint density at radius 3 is 2.33 bits per heavy atom. The highest BCUT2D eigenvalue weighted by molar-refractivity contribution is 7.06. The second kappa shape index (κ2) is 8.05. The van der Waals surface area contributed by atoms with Crippen molar-refractivity contribution in [2.75, 3.05) is 0 Å². The van der Waals surface area contributed by atoms with Crippen molar-refractivity contribution in [2.45, 2.75) is 50.3 Å². The molecule has 0 bridgehead atoms. The molecule has 12 heteroatoms. The zero-order valence-electron chi connectivity index (χ0n) is 15.0. The predicted molar refractivity (Wildman–Crippen MR) is 90.7 cm³/mol. The van der Waals surface area contributed by atoms with Crippen molar-refractivity contribution in [1.82, 2.24) is 4.37 Å².